The lowest BCUT2D eigenvalue weighted by atomic mass is 10.1. The second-order valence-electron chi connectivity index (χ2n) is 5.48. The molecule has 1 aliphatic heterocycles. The van der Waals surface area contributed by atoms with Crippen LogP contribution < -0.4 is 5.32 Å². The summed E-state index contributed by atoms with van der Waals surface area (Å²) in [6.07, 6.45) is 3.20. The van der Waals surface area contributed by atoms with Crippen LogP contribution in [0, 0.1) is 0 Å². The van der Waals surface area contributed by atoms with Gasteiger partial charge in [-0.25, -0.2) is 0 Å². The number of thiocarbonyl (C=S) groups is 1. The number of aromatic nitrogens is 1. The number of hydrogen-bond acceptors (Lipinski definition) is 1. The van der Waals surface area contributed by atoms with E-state index in [1.54, 1.807) is 0 Å². The molecule has 0 aliphatic carbocycles. The Balaban J connectivity index is 1.71. The molecular weight excluding hydrogens is 278 g/mol. The fourth-order valence-corrected chi connectivity index (χ4v) is 3.24. The molecule has 110 valence electrons. The quantitative estimate of drug-likeness (QED) is 0.851. The van der Waals surface area contributed by atoms with Gasteiger partial charge < -0.3 is 14.8 Å². The number of fused-ring (bicyclic) bond motifs is 1. The highest BCUT2D eigenvalue weighted by atomic mass is 32.1. The molecule has 0 radical (unpaired) electrons. The number of hydrogen-bond donors (Lipinski definition) is 1. The van der Waals surface area contributed by atoms with Gasteiger partial charge in [-0.1, -0.05) is 19.1 Å². The molecule has 0 fully saturated rings. The molecule has 0 saturated carbocycles. The van der Waals surface area contributed by atoms with Crippen LogP contribution in [0.5, 0.6) is 0 Å². The Morgan fingerprint density at radius 1 is 1.24 bits per heavy atom. The van der Waals surface area contributed by atoms with Gasteiger partial charge in [-0.3, -0.25) is 0 Å². The Morgan fingerprint density at radius 3 is 2.71 bits per heavy atom. The molecule has 3 nitrogen and oxygen atoms in total. The SMILES string of the molecule is CCc1ccc(NC(=S)N2CCn3cccc3C2C)cc1. The minimum absolute atomic E-state index is 0.309. The molecule has 1 aromatic carbocycles. The molecule has 0 spiro atoms. The van der Waals surface area contributed by atoms with E-state index < -0.39 is 0 Å². The van der Waals surface area contributed by atoms with Gasteiger partial charge >= 0.3 is 0 Å². The second-order valence-corrected chi connectivity index (χ2v) is 5.86. The van der Waals surface area contributed by atoms with Crippen LogP contribution in [0.3, 0.4) is 0 Å². The van der Waals surface area contributed by atoms with Gasteiger partial charge in [-0.15, -0.1) is 0 Å². The minimum Gasteiger partial charge on any atom is -0.348 e. The first-order valence-corrected chi connectivity index (χ1v) is 7.91. The van der Waals surface area contributed by atoms with Crippen molar-refractivity contribution in [2.24, 2.45) is 0 Å². The van der Waals surface area contributed by atoms with Crippen LogP contribution in [0.15, 0.2) is 42.6 Å². The van der Waals surface area contributed by atoms with Crippen molar-refractivity contribution in [2.45, 2.75) is 32.9 Å². The van der Waals surface area contributed by atoms with Gasteiger partial charge in [0.15, 0.2) is 5.11 Å². The van der Waals surface area contributed by atoms with Crippen molar-refractivity contribution in [3.05, 3.63) is 53.9 Å². The Hall–Kier alpha value is -1.81. The van der Waals surface area contributed by atoms with Gasteiger partial charge in [-0.2, -0.15) is 0 Å². The van der Waals surface area contributed by atoms with E-state index in [0.717, 1.165) is 30.3 Å². The van der Waals surface area contributed by atoms with Crippen molar-refractivity contribution < 1.29 is 0 Å². The van der Waals surface area contributed by atoms with Gasteiger partial charge in [0.25, 0.3) is 0 Å². The molecule has 21 heavy (non-hydrogen) atoms. The lowest BCUT2D eigenvalue weighted by Gasteiger charge is -2.36. The van der Waals surface area contributed by atoms with Gasteiger partial charge in [-0.05, 0) is 55.4 Å². The van der Waals surface area contributed by atoms with E-state index in [9.17, 15) is 0 Å². The topological polar surface area (TPSA) is 20.2 Å². The van der Waals surface area contributed by atoms with Gasteiger partial charge in [0.2, 0.25) is 0 Å². The minimum atomic E-state index is 0.309. The Kier molecular flexibility index (Phi) is 3.97. The van der Waals surface area contributed by atoms with Crippen molar-refractivity contribution in [3.8, 4) is 0 Å². The summed E-state index contributed by atoms with van der Waals surface area (Å²) in [6, 6.07) is 13.1. The molecule has 1 aromatic heterocycles. The molecule has 1 atom stereocenters. The Labute approximate surface area is 131 Å². The van der Waals surface area contributed by atoms with E-state index in [1.807, 2.05) is 0 Å². The zero-order chi connectivity index (χ0) is 14.8. The summed E-state index contributed by atoms with van der Waals surface area (Å²) in [5.74, 6) is 0. The third-order valence-corrected chi connectivity index (χ3v) is 4.55. The fraction of sp³-hybridized carbons (Fsp3) is 0.353. The summed E-state index contributed by atoms with van der Waals surface area (Å²) in [4.78, 5) is 2.26. The first-order valence-electron chi connectivity index (χ1n) is 7.50. The molecule has 0 bridgehead atoms. The van der Waals surface area contributed by atoms with Crippen molar-refractivity contribution in [2.75, 3.05) is 11.9 Å². The van der Waals surface area contributed by atoms with E-state index in [4.69, 9.17) is 12.2 Å². The van der Waals surface area contributed by atoms with Crippen molar-refractivity contribution in [1.82, 2.24) is 9.47 Å². The molecule has 3 rings (SSSR count). The molecule has 1 aliphatic rings. The average Bonchev–Trinajstić information content (AvgIpc) is 2.98. The summed E-state index contributed by atoms with van der Waals surface area (Å²) in [5, 5.41) is 4.17. The summed E-state index contributed by atoms with van der Waals surface area (Å²) in [5.41, 5.74) is 3.73. The third-order valence-electron chi connectivity index (χ3n) is 4.22. The van der Waals surface area contributed by atoms with Crippen molar-refractivity contribution >= 4 is 23.0 Å². The summed E-state index contributed by atoms with van der Waals surface area (Å²) in [6.45, 7) is 6.31. The van der Waals surface area contributed by atoms with Gasteiger partial charge in [0.1, 0.15) is 0 Å². The first-order chi connectivity index (χ1) is 10.2. The maximum Gasteiger partial charge on any atom is 0.174 e. The molecule has 0 saturated heterocycles. The van der Waals surface area contributed by atoms with Crippen LogP contribution in [0.4, 0.5) is 5.69 Å². The molecule has 4 heteroatoms. The molecule has 0 amide bonds. The fourth-order valence-electron chi connectivity index (χ4n) is 2.88. The van der Waals surface area contributed by atoms with E-state index >= 15 is 0 Å². The lowest BCUT2D eigenvalue weighted by Crippen LogP contribution is -2.42. The van der Waals surface area contributed by atoms with Crippen LogP contribution in [0.1, 0.15) is 31.1 Å². The smallest absolute Gasteiger partial charge is 0.174 e. The van der Waals surface area contributed by atoms with Gasteiger partial charge in [0, 0.05) is 30.7 Å². The Bertz CT molecular complexity index is 630. The van der Waals surface area contributed by atoms with Gasteiger partial charge in [0.05, 0.1) is 6.04 Å². The molecule has 2 heterocycles. The number of benzene rings is 1. The van der Waals surface area contributed by atoms with Crippen LogP contribution in [0.25, 0.3) is 0 Å². The highest BCUT2D eigenvalue weighted by Gasteiger charge is 2.25. The van der Waals surface area contributed by atoms with Crippen LogP contribution >= 0.6 is 12.2 Å². The van der Waals surface area contributed by atoms with Crippen LogP contribution in [-0.2, 0) is 13.0 Å². The molecule has 2 aromatic rings. The predicted molar refractivity (Wildman–Crippen MR) is 91.6 cm³/mol. The number of nitrogens with one attached hydrogen (secondary N) is 1. The maximum absolute atomic E-state index is 5.60. The summed E-state index contributed by atoms with van der Waals surface area (Å²) >= 11 is 5.60. The number of rotatable bonds is 2. The van der Waals surface area contributed by atoms with E-state index in [0.29, 0.717) is 6.04 Å². The van der Waals surface area contributed by atoms with E-state index in [2.05, 4.69) is 71.2 Å². The van der Waals surface area contributed by atoms with E-state index in [1.165, 1.54) is 11.3 Å². The van der Waals surface area contributed by atoms with Crippen molar-refractivity contribution in [1.29, 1.82) is 0 Å². The normalized spacial score (nSPS) is 17.4. The highest BCUT2D eigenvalue weighted by molar-refractivity contribution is 7.80. The summed E-state index contributed by atoms with van der Waals surface area (Å²) < 4.78 is 2.31. The molecule has 1 unspecified atom stereocenters. The number of anilines is 1. The maximum atomic E-state index is 5.60. The lowest BCUT2D eigenvalue weighted by molar-refractivity contribution is 0.276. The molecule has 1 N–H and O–H groups in total. The largest absolute Gasteiger partial charge is 0.348 e. The van der Waals surface area contributed by atoms with E-state index in [-0.39, 0.29) is 0 Å². The number of nitrogens with zero attached hydrogens (tertiary/aromatic N) is 2. The standard InChI is InChI=1S/C17H21N3S/c1-3-14-6-8-15(9-7-14)18-17(21)20-12-11-19-10-4-5-16(19)13(20)2/h4-10,13H,3,11-12H2,1-2H3,(H,18,21). The zero-order valence-corrected chi connectivity index (χ0v) is 13.4. The number of aryl methyl sites for hydroxylation is 1. The average molecular weight is 299 g/mol. The third kappa shape index (κ3) is 2.81. The summed E-state index contributed by atoms with van der Waals surface area (Å²) in [7, 11) is 0. The predicted octanol–water partition coefficient (Wildman–Crippen LogP) is 3.82. The van der Waals surface area contributed by atoms with Crippen LogP contribution in [-0.4, -0.2) is 21.1 Å². The van der Waals surface area contributed by atoms with Crippen molar-refractivity contribution in [3.63, 3.8) is 0 Å². The Morgan fingerprint density at radius 2 is 2.00 bits per heavy atom. The monoisotopic (exact) mass is 299 g/mol. The molecular formula is C17H21N3S. The highest BCUT2D eigenvalue weighted by Crippen LogP contribution is 2.26. The van der Waals surface area contributed by atoms with Crippen LogP contribution in [0.2, 0.25) is 0 Å². The zero-order valence-electron chi connectivity index (χ0n) is 12.5. The second kappa shape index (κ2) is 5.90. The first kappa shape index (κ1) is 14.1.